The maximum Gasteiger partial charge on any atom is 0.0745 e. The summed E-state index contributed by atoms with van der Waals surface area (Å²) in [4.78, 5) is 1.34. The maximum atomic E-state index is 9.63. The summed E-state index contributed by atoms with van der Waals surface area (Å²) in [5, 5.41) is 14.9. The molecule has 1 aromatic heterocycles. The van der Waals surface area contributed by atoms with Crippen molar-refractivity contribution in [2.45, 2.75) is 18.9 Å². The summed E-state index contributed by atoms with van der Waals surface area (Å²) in [6, 6.07) is 2.13. The molecule has 1 aliphatic heterocycles. The molecule has 1 saturated heterocycles. The molecule has 1 aliphatic rings. The number of hydrogen-bond acceptors (Lipinski definition) is 3. The summed E-state index contributed by atoms with van der Waals surface area (Å²) in [5.41, 5.74) is 1.32. The van der Waals surface area contributed by atoms with Gasteiger partial charge in [-0.05, 0) is 23.9 Å². The highest BCUT2D eigenvalue weighted by Gasteiger charge is 2.27. The summed E-state index contributed by atoms with van der Waals surface area (Å²) in [6.07, 6.45) is -0.196. The van der Waals surface area contributed by atoms with Gasteiger partial charge >= 0.3 is 0 Å². The van der Waals surface area contributed by atoms with E-state index in [1.165, 1.54) is 10.4 Å². The second-order valence-electron chi connectivity index (χ2n) is 3.26. The Balaban J connectivity index is 2.24. The molecule has 2 atom stereocenters. The molecule has 0 bridgehead atoms. The van der Waals surface area contributed by atoms with E-state index in [0.717, 1.165) is 13.1 Å². The fourth-order valence-electron chi connectivity index (χ4n) is 1.76. The molecule has 0 radical (unpaired) electrons. The molecule has 2 N–H and O–H groups in total. The van der Waals surface area contributed by atoms with Crippen molar-refractivity contribution in [2.75, 3.05) is 13.1 Å². The van der Waals surface area contributed by atoms with Crippen LogP contribution in [0.3, 0.4) is 0 Å². The molecule has 0 saturated carbocycles. The van der Waals surface area contributed by atoms with Gasteiger partial charge in [0.25, 0.3) is 0 Å². The third-order valence-corrected chi connectivity index (χ3v) is 3.34. The summed E-state index contributed by atoms with van der Waals surface area (Å²) < 4.78 is 0. The number of aliphatic hydroxyl groups excluding tert-OH is 1. The van der Waals surface area contributed by atoms with Crippen molar-refractivity contribution in [1.82, 2.24) is 5.32 Å². The number of hydrogen-bond donors (Lipinski definition) is 2. The third kappa shape index (κ3) is 1.28. The fraction of sp³-hybridized carbons (Fsp3) is 0.556. The summed E-state index contributed by atoms with van der Waals surface area (Å²) in [5.74, 6) is 0.316. The number of rotatable bonds is 1. The Hall–Kier alpha value is -0.380. The zero-order valence-corrected chi connectivity index (χ0v) is 7.90. The van der Waals surface area contributed by atoms with E-state index in [-0.39, 0.29) is 6.10 Å². The van der Waals surface area contributed by atoms with Crippen molar-refractivity contribution in [3.63, 3.8) is 0 Å². The Morgan fingerprint density at radius 1 is 1.58 bits per heavy atom. The van der Waals surface area contributed by atoms with Crippen LogP contribution in [-0.4, -0.2) is 24.3 Å². The first-order valence-electron chi connectivity index (χ1n) is 4.22. The Labute approximate surface area is 76.2 Å². The monoisotopic (exact) mass is 183 g/mol. The number of thiophene rings is 1. The minimum atomic E-state index is -0.196. The van der Waals surface area contributed by atoms with Crippen molar-refractivity contribution in [1.29, 1.82) is 0 Å². The van der Waals surface area contributed by atoms with Gasteiger partial charge in [-0.25, -0.2) is 0 Å². The van der Waals surface area contributed by atoms with E-state index in [4.69, 9.17) is 0 Å². The second-order valence-corrected chi connectivity index (χ2v) is 4.38. The lowest BCUT2D eigenvalue weighted by Gasteiger charge is -2.12. The van der Waals surface area contributed by atoms with Gasteiger partial charge in [0.15, 0.2) is 0 Å². The number of β-amino-alcohol motifs (C(OH)–C–C–N with tert-alkyl or cyclic N) is 1. The van der Waals surface area contributed by atoms with E-state index in [1.807, 2.05) is 0 Å². The Bertz CT molecular complexity index is 271. The largest absolute Gasteiger partial charge is 0.391 e. The van der Waals surface area contributed by atoms with Gasteiger partial charge in [-0.1, -0.05) is 0 Å². The normalized spacial score (nSPS) is 29.5. The van der Waals surface area contributed by atoms with Gasteiger partial charge in [-0.2, -0.15) is 0 Å². The fourth-order valence-corrected chi connectivity index (χ4v) is 2.54. The van der Waals surface area contributed by atoms with Crippen LogP contribution in [0.4, 0.5) is 0 Å². The molecule has 66 valence electrons. The molecule has 12 heavy (non-hydrogen) atoms. The first-order chi connectivity index (χ1) is 5.79. The molecule has 0 amide bonds. The van der Waals surface area contributed by atoms with Crippen LogP contribution < -0.4 is 5.32 Å². The lowest BCUT2D eigenvalue weighted by Crippen LogP contribution is -2.16. The molecule has 3 heteroatoms. The second kappa shape index (κ2) is 3.17. The minimum absolute atomic E-state index is 0.196. The highest BCUT2D eigenvalue weighted by Crippen LogP contribution is 2.28. The zero-order chi connectivity index (χ0) is 8.55. The van der Waals surface area contributed by atoms with Crippen molar-refractivity contribution in [2.24, 2.45) is 0 Å². The van der Waals surface area contributed by atoms with Crippen molar-refractivity contribution < 1.29 is 5.11 Å². The lowest BCUT2D eigenvalue weighted by atomic mass is 9.97. The molecule has 1 fully saturated rings. The van der Waals surface area contributed by atoms with Crippen molar-refractivity contribution in [3.8, 4) is 0 Å². The van der Waals surface area contributed by atoms with Crippen LogP contribution in [0.2, 0.25) is 0 Å². The molecule has 2 heterocycles. The van der Waals surface area contributed by atoms with Crippen molar-refractivity contribution >= 4 is 11.3 Å². The smallest absolute Gasteiger partial charge is 0.0745 e. The van der Waals surface area contributed by atoms with Gasteiger partial charge in [-0.15, -0.1) is 11.3 Å². The molecule has 0 spiro atoms. The summed E-state index contributed by atoms with van der Waals surface area (Å²) in [7, 11) is 0. The first kappa shape index (κ1) is 8.23. The van der Waals surface area contributed by atoms with Gasteiger partial charge < -0.3 is 10.4 Å². The SMILES string of the molecule is Cc1sccc1[C@@H]1CNC[C@H]1O. The van der Waals surface area contributed by atoms with Crippen molar-refractivity contribution in [3.05, 3.63) is 21.9 Å². The lowest BCUT2D eigenvalue weighted by molar-refractivity contribution is 0.177. The van der Waals surface area contributed by atoms with Gasteiger partial charge in [-0.3, -0.25) is 0 Å². The van der Waals surface area contributed by atoms with Crippen LogP contribution in [0.25, 0.3) is 0 Å². The third-order valence-electron chi connectivity index (χ3n) is 2.48. The standard InChI is InChI=1S/C9H13NOS/c1-6-7(2-3-12-6)8-4-10-5-9(8)11/h2-3,8-11H,4-5H2,1H3/t8-,9+/m0/s1. The van der Waals surface area contributed by atoms with Crippen LogP contribution in [0, 0.1) is 6.92 Å². The Morgan fingerprint density at radius 3 is 2.92 bits per heavy atom. The van der Waals surface area contributed by atoms with E-state index < -0.39 is 0 Å². The Morgan fingerprint density at radius 2 is 2.42 bits per heavy atom. The molecular weight excluding hydrogens is 170 g/mol. The molecular formula is C9H13NOS. The Kier molecular flexibility index (Phi) is 2.17. The number of aliphatic hydroxyl groups is 1. The van der Waals surface area contributed by atoms with E-state index in [0.29, 0.717) is 5.92 Å². The summed E-state index contributed by atoms with van der Waals surface area (Å²) >= 11 is 1.75. The van der Waals surface area contributed by atoms with E-state index in [1.54, 1.807) is 11.3 Å². The van der Waals surface area contributed by atoms with Crippen LogP contribution >= 0.6 is 11.3 Å². The molecule has 0 aromatic carbocycles. The highest BCUT2D eigenvalue weighted by molar-refractivity contribution is 7.10. The van der Waals surface area contributed by atoms with E-state index in [9.17, 15) is 5.11 Å². The van der Waals surface area contributed by atoms with Gasteiger partial charge in [0.1, 0.15) is 0 Å². The van der Waals surface area contributed by atoms with Gasteiger partial charge in [0.2, 0.25) is 0 Å². The topological polar surface area (TPSA) is 32.3 Å². The quantitative estimate of drug-likeness (QED) is 0.683. The highest BCUT2D eigenvalue weighted by atomic mass is 32.1. The molecule has 2 nitrogen and oxygen atoms in total. The summed E-state index contributed by atoms with van der Waals surface area (Å²) in [6.45, 7) is 3.77. The van der Waals surface area contributed by atoms with Gasteiger partial charge in [0, 0.05) is 23.9 Å². The zero-order valence-electron chi connectivity index (χ0n) is 7.08. The first-order valence-corrected chi connectivity index (χ1v) is 5.10. The predicted octanol–water partition coefficient (Wildman–Crippen LogP) is 1.10. The van der Waals surface area contributed by atoms with Crippen LogP contribution in [0.1, 0.15) is 16.4 Å². The van der Waals surface area contributed by atoms with Gasteiger partial charge in [0.05, 0.1) is 6.10 Å². The van der Waals surface area contributed by atoms with Crippen LogP contribution in [-0.2, 0) is 0 Å². The maximum absolute atomic E-state index is 9.63. The minimum Gasteiger partial charge on any atom is -0.391 e. The number of aryl methyl sites for hydroxylation is 1. The average Bonchev–Trinajstić information content (AvgIpc) is 2.59. The van der Waals surface area contributed by atoms with E-state index >= 15 is 0 Å². The molecule has 0 unspecified atom stereocenters. The average molecular weight is 183 g/mol. The van der Waals surface area contributed by atoms with Crippen LogP contribution in [0.5, 0.6) is 0 Å². The molecule has 0 aliphatic carbocycles. The number of nitrogens with one attached hydrogen (secondary N) is 1. The molecule has 1 aromatic rings. The predicted molar refractivity (Wildman–Crippen MR) is 50.7 cm³/mol. The molecule has 2 rings (SSSR count). The van der Waals surface area contributed by atoms with Crippen LogP contribution in [0.15, 0.2) is 11.4 Å². The van der Waals surface area contributed by atoms with E-state index in [2.05, 4.69) is 23.7 Å².